The maximum Gasteiger partial charge on any atom is 0.236 e. The van der Waals surface area contributed by atoms with Crippen molar-refractivity contribution >= 4 is 32.7 Å². The quantitative estimate of drug-likeness (QED) is 0.219. The zero-order valence-electron chi connectivity index (χ0n) is 24.0. The van der Waals surface area contributed by atoms with Crippen molar-refractivity contribution < 1.29 is 0 Å². The minimum atomic E-state index is -0.232. The van der Waals surface area contributed by atoms with Crippen molar-refractivity contribution in [3.05, 3.63) is 145 Å². The van der Waals surface area contributed by atoms with Crippen LogP contribution in [0, 0.1) is 0 Å². The van der Waals surface area contributed by atoms with Crippen molar-refractivity contribution in [1.29, 1.82) is 0 Å². The number of aromatic nitrogens is 4. The summed E-state index contributed by atoms with van der Waals surface area (Å²) in [5, 5.41) is 3.65. The van der Waals surface area contributed by atoms with Crippen molar-refractivity contribution in [3.63, 3.8) is 0 Å². The molecule has 0 N–H and O–H groups in total. The molecule has 0 saturated heterocycles. The smallest absolute Gasteiger partial charge is 0.236 e. The Morgan fingerprint density at radius 3 is 1.79 bits per heavy atom. The van der Waals surface area contributed by atoms with Crippen molar-refractivity contribution in [2.45, 2.75) is 19.3 Å². The molecule has 1 aliphatic carbocycles. The zero-order chi connectivity index (χ0) is 28.7. The van der Waals surface area contributed by atoms with E-state index in [1.54, 1.807) is 0 Å². The second-order valence-electron chi connectivity index (χ2n) is 11.9. The summed E-state index contributed by atoms with van der Waals surface area (Å²) in [6.45, 7) is 4.64. The van der Waals surface area contributed by atoms with Gasteiger partial charge in [-0.05, 0) is 29.3 Å². The van der Waals surface area contributed by atoms with Gasteiger partial charge >= 0.3 is 0 Å². The van der Waals surface area contributed by atoms with E-state index in [0.717, 1.165) is 33.6 Å². The standard InChI is InChI=1S/C39H28N4/c1-39(2)30-20-10-6-18-28(30)36-29-19-9-13-23-34(29)43(37(36)39)38-40-31(25-14-4-3-5-15-25)24-35(41-38)42-32-21-11-7-16-26(32)27-17-8-12-22-33(27)42/h3-24H,1-2H3. The molecule has 5 aromatic carbocycles. The molecular formula is C39H28N4. The van der Waals surface area contributed by atoms with Gasteiger partial charge in [-0.1, -0.05) is 123 Å². The number of hydrogen-bond donors (Lipinski definition) is 0. The maximum atomic E-state index is 5.41. The van der Waals surface area contributed by atoms with E-state index in [2.05, 4.69) is 150 Å². The number of benzene rings is 5. The van der Waals surface area contributed by atoms with Crippen molar-refractivity contribution in [1.82, 2.24) is 19.1 Å². The number of para-hydroxylation sites is 3. The average Bonchev–Trinajstić information content (AvgIpc) is 3.66. The van der Waals surface area contributed by atoms with Gasteiger partial charge in [0.2, 0.25) is 5.95 Å². The number of fused-ring (bicyclic) bond motifs is 8. The lowest BCUT2D eigenvalue weighted by molar-refractivity contribution is 0.618. The first-order chi connectivity index (χ1) is 21.1. The molecule has 0 saturated carbocycles. The first-order valence-corrected chi connectivity index (χ1v) is 14.8. The molecule has 0 spiro atoms. The fraction of sp³-hybridized carbons (Fsp3) is 0.0769. The highest BCUT2D eigenvalue weighted by Gasteiger charge is 2.41. The Hall–Kier alpha value is -5.48. The third-order valence-corrected chi connectivity index (χ3v) is 9.12. The highest BCUT2D eigenvalue weighted by molar-refractivity contribution is 6.09. The average molecular weight is 553 g/mol. The number of rotatable bonds is 3. The highest BCUT2D eigenvalue weighted by Crippen LogP contribution is 2.53. The SMILES string of the molecule is CC1(C)c2ccccc2-c2c1n(-c1nc(-c3ccccc3)cc(-n3c4ccccc4c4ccccc43)n1)c1ccccc21. The molecule has 43 heavy (non-hydrogen) atoms. The normalized spacial score (nSPS) is 13.5. The van der Waals surface area contributed by atoms with Gasteiger partial charge in [-0.2, -0.15) is 4.98 Å². The Bertz CT molecular complexity index is 2320. The first-order valence-electron chi connectivity index (χ1n) is 14.8. The lowest BCUT2D eigenvalue weighted by Crippen LogP contribution is -2.21. The molecule has 0 amide bonds. The highest BCUT2D eigenvalue weighted by atomic mass is 15.2. The van der Waals surface area contributed by atoms with Crippen molar-refractivity contribution in [3.8, 4) is 34.2 Å². The summed E-state index contributed by atoms with van der Waals surface area (Å²) in [5.41, 5.74) is 10.2. The molecule has 9 rings (SSSR count). The Kier molecular flexibility index (Phi) is 4.92. The molecule has 204 valence electrons. The minimum Gasteiger partial charge on any atom is -0.294 e. The van der Waals surface area contributed by atoms with Gasteiger partial charge in [0.1, 0.15) is 5.82 Å². The summed E-state index contributed by atoms with van der Waals surface area (Å²) in [6, 6.07) is 47.2. The van der Waals surface area contributed by atoms with E-state index in [4.69, 9.17) is 9.97 Å². The summed E-state index contributed by atoms with van der Waals surface area (Å²) >= 11 is 0. The van der Waals surface area contributed by atoms with E-state index in [1.807, 2.05) is 6.07 Å². The molecule has 8 aromatic rings. The van der Waals surface area contributed by atoms with Crippen LogP contribution in [0.15, 0.2) is 133 Å². The molecule has 0 radical (unpaired) electrons. The van der Waals surface area contributed by atoms with E-state index in [-0.39, 0.29) is 5.41 Å². The second-order valence-corrected chi connectivity index (χ2v) is 11.9. The lowest BCUT2D eigenvalue weighted by Gasteiger charge is -2.24. The van der Waals surface area contributed by atoms with E-state index >= 15 is 0 Å². The van der Waals surface area contributed by atoms with Crippen LogP contribution in [-0.4, -0.2) is 19.1 Å². The van der Waals surface area contributed by atoms with Crippen LogP contribution in [0.2, 0.25) is 0 Å². The Morgan fingerprint density at radius 1 is 0.535 bits per heavy atom. The lowest BCUT2D eigenvalue weighted by atomic mass is 9.85. The molecule has 0 aliphatic heterocycles. The van der Waals surface area contributed by atoms with Crippen LogP contribution in [0.4, 0.5) is 0 Å². The molecule has 0 fully saturated rings. The molecule has 3 aromatic heterocycles. The van der Waals surface area contributed by atoms with Crippen LogP contribution in [0.1, 0.15) is 25.1 Å². The molecule has 0 unspecified atom stereocenters. The summed E-state index contributed by atoms with van der Waals surface area (Å²) in [6.07, 6.45) is 0. The van der Waals surface area contributed by atoms with Crippen LogP contribution >= 0.6 is 0 Å². The van der Waals surface area contributed by atoms with Crippen LogP contribution in [0.3, 0.4) is 0 Å². The monoisotopic (exact) mass is 552 g/mol. The third kappa shape index (κ3) is 3.32. The van der Waals surface area contributed by atoms with E-state index in [1.165, 1.54) is 38.5 Å². The molecule has 4 nitrogen and oxygen atoms in total. The first kappa shape index (κ1) is 24.2. The molecule has 0 atom stereocenters. The summed E-state index contributed by atoms with van der Waals surface area (Å²) in [7, 11) is 0. The number of nitrogens with zero attached hydrogens (tertiary/aromatic N) is 4. The van der Waals surface area contributed by atoms with Crippen molar-refractivity contribution in [2.24, 2.45) is 0 Å². The van der Waals surface area contributed by atoms with Crippen LogP contribution in [-0.2, 0) is 5.41 Å². The number of hydrogen-bond acceptors (Lipinski definition) is 2. The van der Waals surface area contributed by atoms with Gasteiger partial charge in [-0.3, -0.25) is 9.13 Å². The Balaban J connectivity index is 1.42. The van der Waals surface area contributed by atoms with Crippen LogP contribution in [0.25, 0.3) is 66.9 Å². The fourth-order valence-electron chi connectivity index (χ4n) is 7.25. The van der Waals surface area contributed by atoms with Gasteiger partial charge in [0.15, 0.2) is 0 Å². The van der Waals surface area contributed by atoms with Gasteiger partial charge in [-0.15, -0.1) is 0 Å². The largest absolute Gasteiger partial charge is 0.294 e. The van der Waals surface area contributed by atoms with E-state index in [9.17, 15) is 0 Å². The van der Waals surface area contributed by atoms with Gasteiger partial charge in [0.25, 0.3) is 0 Å². The van der Waals surface area contributed by atoms with Gasteiger partial charge in [0.05, 0.1) is 22.2 Å². The van der Waals surface area contributed by atoms with Crippen molar-refractivity contribution in [2.75, 3.05) is 0 Å². The predicted octanol–water partition coefficient (Wildman–Crippen LogP) is 9.49. The summed E-state index contributed by atoms with van der Waals surface area (Å²) in [4.78, 5) is 10.7. The fourth-order valence-corrected chi connectivity index (χ4v) is 7.25. The maximum absolute atomic E-state index is 5.41. The topological polar surface area (TPSA) is 35.6 Å². The Morgan fingerprint density at radius 2 is 1.09 bits per heavy atom. The third-order valence-electron chi connectivity index (χ3n) is 9.12. The van der Waals surface area contributed by atoms with E-state index < -0.39 is 0 Å². The molecule has 1 aliphatic rings. The minimum absolute atomic E-state index is 0.232. The van der Waals surface area contributed by atoms with Crippen LogP contribution < -0.4 is 0 Å². The van der Waals surface area contributed by atoms with Gasteiger partial charge < -0.3 is 0 Å². The predicted molar refractivity (Wildman–Crippen MR) is 176 cm³/mol. The molecule has 4 heteroatoms. The van der Waals surface area contributed by atoms with Gasteiger partial charge in [-0.25, -0.2) is 4.98 Å². The van der Waals surface area contributed by atoms with E-state index in [0.29, 0.717) is 5.95 Å². The zero-order valence-corrected chi connectivity index (χ0v) is 24.0. The second kappa shape index (κ2) is 8.76. The summed E-state index contributed by atoms with van der Waals surface area (Å²) < 4.78 is 4.60. The Labute approximate surface area is 249 Å². The molecular weight excluding hydrogens is 524 g/mol. The summed E-state index contributed by atoms with van der Waals surface area (Å²) in [5.74, 6) is 1.53. The van der Waals surface area contributed by atoms with Gasteiger partial charge in [0, 0.05) is 44.5 Å². The molecule has 3 heterocycles. The molecule has 0 bridgehead atoms. The van der Waals surface area contributed by atoms with Crippen LogP contribution in [0.5, 0.6) is 0 Å².